The number of para-hydroxylation sites is 1. The third-order valence-corrected chi connectivity index (χ3v) is 4.55. The van der Waals surface area contributed by atoms with Gasteiger partial charge in [0.15, 0.2) is 0 Å². The Morgan fingerprint density at radius 2 is 1.48 bits per heavy atom. The van der Waals surface area contributed by atoms with Crippen LogP contribution in [-0.2, 0) is 11.2 Å². The van der Waals surface area contributed by atoms with E-state index in [9.17, 15) is 30.3 Å². The van der Waals surface area contributed by atoms with Crippen LogP contribution in [-0.4, -0.2) is 66.8 Å². The molecule has 2 aromatic rings. The number of Topliss-reactive ketones (excluding diaryl/α,β-unsaturated/α-hetero) is 1. The Hall–Kier alpha value is -1.77. The van der Waals surface area contributed by atoms with Crippen molar-refractivity contribution in [2.75, 3.05) is 0 Å². The number of hydrogen-bond acceptors (Lipinski definition) is 6. The van der Waals surface area contributed by atoms with Crippen LogP contribution in [0, 0.1) is 5.92 Å². The number of aromatic nitrogens is 1. The van der Waals surface area contributed by atoms with Gasteiger partial charge in [-0.15, -0.1) is 0 Å². The Balaban J connectivity index is 1.84. The smallest absolute Gasteiger partial charge is 0.145 e. The van der Waals surface area contributed by atoms with Crippen LogP contribution in [0.4, 0.5) is 0 Å². The van der Waals surface area contributed by atoms with Gasteiger partial charge in [-0.2, -0.15) is 0 Å². The number of fused-ring (bicyclic) bond motifs is 1. The summed E-state index contributed by atoms with van der Waals surface area (Å²) in [6.45, 7) is 0. The highest BCUT2D eigenvalue weighted by Gasteiger charge is 2.50. The van der Waals surface area contributed by atoms with Gasteiger partial charge in [-0.1, -0.05) is 18.2 Å². The molecule has 0 amide bonds. The lowest BCUT2D eigenvalue weighted by atomic mass is 9.75. The Kier molecular flexibility index (Phi) is 4.22. The summed E-state index contributed by atoms with van der Waals surface area (Å²) in [5.74, 6) is -1.88. The highest BCUT2D eigenvalue weighted by Crippen LogP contribution is 2.29. The predicted octanol–water partition coefficient (Wildman–Crippen LogP) is -1.29. The van der Waals surface area contributed by atoms with Gasteiger partial charge in [0.1, 0.15) is 24.1 Å². The quantitative estimate of drug-likeness (QED) is 0.417. The number of aliphatic hydroxyl groups excluding tert-OH is 5. The summed E-state index contributed by atoms with van der Waals surface area (Å²) >= 11 is 0. The van der Waals surface area contributed by atoms with Crippen molar-refractivity contribution in [3.63, 3.8) is 0 Å². The zero-order valence-corrected chi connectivity index (χ0v) is 12.2. The Bertz CT molecular complexity index is 697. The maximum Gasteiger partial charge on any atom is 0.145 e. The molecule has 1 heterocycles. The number of aromatic amines is 1. The van der Waals surface area contributed by atoms with Crippen molar-refractivity contribution in [3.05, 3.63) is 36.0 Å². The standard InChI is InChI=1S/C16H19NO6/c18-10(5-7-6-17-9-4-2-1-3-8(7)9)11-12(19)14(21)16(23)15(22)13(11)20/h1-4,6,11-17,19-23H,5H2/t11?,12-,13-,14-,15+,16?/m1/s1. The van der Waals surface area contributed by atoms with E-state index in [-0.39, 0.29) is 6.42 Å². The van der Waals surface area contributed by atoms with Crippen molar-refractivity contribution in [3.8, 4) is 0 Å². The number of H-pyrrole nitrogens is 1. The van der Waals surface area contributed by atoms with E-state index in [0.29, 0.717) is 5.56 Å². The molecule has 7 nitrogen and oxygen atoms in total. The number of carbonyl (C=O) groups is 1. The predicted molar refractivity (Wildman–Crippen MR) is 80.5 cm³/mol. The summed E-state index contributed by atoms with van der Waals surface area (Å²) in [4.78, 5) is 15.5. The van der Waals surface area contributed by atoms with E-state index in [0.717, 1.165) is 10.9 Å². The molecule has 23 heavy (non-hydrogen) atoms. The fourth-order valence-electron chi connectivity index (χ4n) is 3.20. The van der Waals surface area contributed by atoms with Crippen LogP contribution in [0.2, 0.25) is 0 Å². The monoisotopic (exact) mass is 321 g/mol. The van der Waals surface area contributed by atoms with Crippen molar-refractivity contribution >= 4 is 16.7 Å². The fourth-order valence-corrected chi connectivity index (χ4v) is 3.20. The zero-order chi connectivity index (χ0) is 16.7. The average molecular weight is 321 g/mol. The lowest BCUT2D eigenvalue weighted by Crippen LogP contribution is -2.63. The largest absolute Gasteiger partial charge is 0.389 e. The molecule has 0 aliphatic heterocycles. The second kappa shape index (κ2) is 6.03. The Labute approximate surface area is 131 Å². The molecule has 1 aromatic heterocycles. The molecule has 3 rings (SSSR count). The van der Waals surface area contributed by atoms with Gasteiger partial charge in [0, 0.05) is 23.5 Å². The van der Waals surface area contributed by atoms with Crippen LogP contribution in [0.15, 0.2) is 30.5 Å². The maximum atomic E-state index is 12.5. The molecular formula is C16H19NO6. The first-order chi connectivity index (χ1) is 10.9. The van der Waals surface area contributed by atoms with E-state index in [2.05, 4.69) is 4.98 Å². The number of ketones is 1. The molecule has 1 aromatic carbocycles. The van der Waals surface area contributed by atoms with Gasteiger partial charge in [0.25, 0.3) is 0 Å². The van der Waals surface area contributed by atoms with Crippen LogP contribution in [0.3, 0.4) is 0 Å². The van der Waals surface area contributed by atoms with E-state index in [1.54, 1.807) is 6.20 Å². The van der Waals surface area contributed by atoms with Crippen LogP contribution >= 0.6 is 0 Å². The first kappa shape index (κ1) is 16.1. The molecule has 0 spiro atoms. The van der Waals surface area contributed by atoms with Crippen molar-refractivity contribution in [2.45, 2.75) is 36.9 Å². The minimum Gasteiger partial charge on any atom is -0.389 e. The van der Waals surface area contributed by atoms with Crippen molar-refractivity contribution in [2.24, 2.45) is 5.92 Å². The number of aliphatic hydroxyl groups is 5. The Morgan fingerprint density at radius 1 is 0.913 bits per heavy atom. The summed E-state index contributed by atoms with van der Waals surface area (Å²) in [6, 6.07) is 7.39. The molecule has 1 saturated carbocycles. The minimum atomic E-state index is -1.70. The molecule has 2 unspecified atom stereocenters. The maximum absolute atomic E-state index is 12.5. The average Bonchev–Trinajstić information content (AvgIpc) is 2.94. The van der Waals surface area contributed by atoms with Gasteiger partial charge in [-0.3, -0.25) is 4.79 Å². The molecule has 124 valence electrons. The molecule has 1 aliphatic rings. The molecule has 7 heteroatoms. The molecule has 6 N–H and O–H groups in total. The normalized spacial score (nSPS) is 34.7. The second-order valence-electron chi connectivity index (χ2n) is 5.98. The van der Waals surface area contributed by atoms with E-state index in [1.165, 1.54) is 0 Å². The second-order valence-corrected chi connectivity index (χ2v) is 5.98. The van der Waals surface area contributed by atoms with Gasteiger partial charge < -0.3 is 30.5 Å². The van der Waals surface area contributed by atoms with Gasteiger partial charge in [0.2, 0.25) is 0 Å². The lowest BCUT2D eigenvalue weighted by molar-refractivity contribution is -0.203. The van der Waals surface area contributed by atoms with Gasteiger partial charge in [-0.25, -0.2) is 0 Å². The summed E-state index contributed by atoms with van der Waals surface area (Å²) in [5, 5.41) is 49.8. The molecule has 1 fully saturated rings. The van der Waals surface area contributed by atoms with E-state index in [4.69, 9.17) is 0 Å². The van der Waals surface area contributed by atoms with Crippen LogP contribution < -0.4 is 0 Å². The highest BCUT2D eigenvalue weighted by molar-refractivity contribution is 5.91. The van der Waals surface area contributed by atoms with E-state index in [1.807, 2.05) is 24.3 Å². The zero-order valence-electron chi connectivity index (χ0n) is 12.2. The van der Waals surface area contributed by atoms with E-state index < -0.39 is 42.2 Å². The summed E-state index contributed by atoms with van der Waals surface area (Å²) in [7, 11) is 0. The first-order valence-electron chi connectivity index (χ1n) is 7.40. The number of nitrogens with one attached hydrogen (secondary N) is 1. The third kappa shape index (κ3) is 2.66. The van der Waals surface area contributed by atoms with Gasteiger partial charge in [0.05, 0.1) is 18.1 Å². The molecule has 6 atom stereocenters. The van der Waals surface area contributed by atoms with Crippen LogP contribution in [0.5, 0.6) is 0 Å². The topological polar surface area (TPSA) is 134 Å². The number of carbonyl (C=O) groups excluding carboxylic acids is 1. The van der Waals surface area contributed by atoms with Crippen LogP contribution in [0.1, 0.15) is 5.56 Å². The van der Waals surface area contributed by atoms with E-state index >= 15 is 0 Å². The van der Waals surface area contributed by atoms with Crippen LogP contribution in [0.25, 0.3) is 10.9 Å². The minimum absolute atomic E-state index is 0.0711. The number of rotatable bonds is 3. The third-order valence-electron chi connectivity index (χ3n) is 4.55. The molecule has 0 radical (unpaired) electrons. The molecule has 0 bridgehead atoms. The number of hydrogen-bond donors (Lipinski definition) is 6. The summed E-state index contributed by atoms with van der Waals surface area (Å²) in [6.07, 6.45) is -6.75. The fraction of sp³-hybridized carbons (Fsp3) is 0.438. The van der Waals surface area contributed by atoms with Crippen molar-refractivity contribution in [1.82, 2.24) is 4.98 Å². The first-order valence-corrected chi connectivity index (χ1v) is 7.40. The van der Waals surface area contributed by atoms with Crippen molar-refractivity contribution in [1.29, 1.82) is 0 Å². The highest BCUT2D eigenvalue weighted by atomic mass is 16.4. The molecular weight excluding hydrogens is 302 g/mol. The SMILES string of the molecule is O=C(Cc1c[nH]c2ccccc12)C1[C@@H](O)[C@H](O)C(O)[C@H](O)[C@@H]1O. The molecule has 0 saturated heterocycles. The summed E-state index contributed by atoms with van der Waals surface area (Å²) < 4.78 is 0. The van der Waals surface area contributed by atoms with Crippen molar-refractivity contribution < 1.29 is 30.3 Å². The summed E-state index contributed by atoms with van der Waals surface area (Å²) in [5.41, 5.74) is 1.55. The van der Waals surface area contributed by atoms with Gasteiger partial charge in [-0.05, 0) is 11.6 Å². The van der Waals surface area contributed by atoms with Gasteiger partial charge >= 0.3 is 0 Å². The Morgan fingerprint density at radius 3 is 2.13 bits per heavy atom. The molecule has 1 aliphatic carbocycles. The lowest BCUT2D eigenvalue weighted by Gasteiger charge is -2.41. The number of benzene rings is 1.